The number of methoxy groups -OCH3 is 1. The quantitative estimate of drug-likeness (QED) is 0.119. The van der Waals surface area contributed by atoms with Crippen molar-refractivity contribution in [3.8, 4) is 28.1 Å². The molecule has 6 atom stereocenters. The molecule has 3 aliphatic heterocycles. The molecule has 69 heavy (non-hydrogen) atoms. The fourth-order valence-corrected chi connectivity index (χ4v) is 10.9. The molecule has 0 radical (unpaired) electrons. The Bertz CT molecular complexity index is 2590. The van der Waals surface area contributed by atoms with E-state index in [2.05, 4.69) is 54.3 Å². The Morgan fingerprint density at radius 3 is 2.49 bits per heavy atom. The topological polar surface area (TPSA) is 179 Å². The van der Waals surface area contributed by atoms with Crippen molar-refractivity contribution < 1.29 is 38.6 Å². The molecule has 1 aliphatic carbocycles. The van der Waals surface area contributed by atoms with Gasteiger partial charge in [-0.1, -0.05) is 45.7 Å². The summed E-state index contributed by atoms with van der Waals surface area (Å²) >= 11 is 0. The molecule has 0 spiro atoms. The Kier molecular flexibility index (Phi) is 14.8. The van der Waals surface area contributed by atoms with Crippen LogP contribution in [0.4, 0.5) is 0 Å². The molecule has 2 saturated heterocycles. The molecule has 1 unspecified atom stereocenters. The predicted octanol–water partition coefficient (Wildman–Crippen LogP) is 5.63. The minimum atomic E-state index is -1.16. The molecule has 4 amide bonds. The number of cyclic esters (lactones) is 1. The van der Waals surface area contributed by atoms with E-state index >= 15 is 0 Å². The fraction of sp³-hybridized carbons (Fsp3) is 0.547. The number of aryl methyl sites for hydroxylation is 1. The summed E-state index contributed by atoms with van der Waals surface area (Å²) in [5.41, 5.74) is 9.61. The van der Waals surface area contributed by atoms with Gasteiger partial charge in [-0.3, -0.25) is 38.9 Å². The van der Waals surface area contributed by atoms with Gasteiger partial charge >= 0.3 is 5.97 Å². The van der Waals surface area contributed by atoms with Gasteiger partial charge in [0.25, 0.3) is 5.91 Å². The minimum absolute atomic E-state index is 0.000379. The van der Waals surface area contributed by atoms with E-state index in [0.717, 1.165) is 76.8 Å². The van der Waals surface area contributed by atoms with E-state index < -0.39 is 41.3 Å². The van der Waals surface area contributed by atoms with Crippen molar-refractivity contribution in [2.75, 3.05) is 54.0 Å². The van der Waals surface area contributed by atoms with Crippen LogP contribution in [0.2, 0.25) is 0 Å². The summed E-state index contributed by atoms with van der Waals surface area (Å²) in [5.74, 6) is -2.08. The minimum Gasteiger partial charge on any atom is -0.508 e. The van der Waals surface area contributed by atoms with Gasteiger partial charge in [-0.05, 0) is 117 Å². The maximum Gasteiger partial charge on any atom is 0.324 e. The van der Waals surface area contributed by atoms with Crippen LogP contribution in [-0.2, 0) is 52.8 Å². The van der Waals surface area contributed by atoms with Crippen LogP contribution in [0, 0.1) is 11.3 Å². The number of carbonyl (C=O) groups excluding carboxylic acids is 5. The van der Waals surface area contributed by atoms with E-state index in [1.807, 2.05) is 36.9 Å². The van der Waals surface area contributed by atoms with E-state index in [-0.39, 0.29) is 61.7 Å². The van der Waals surface area contributed by atoms with E-state index in [1.165, 1.54) is 14.8 Å². The number of benzene rings is 2. The number of nitrogens with one attached hydrogen (secondary N) is 2. The second-order valence-corrected chi connectivity index (χ2v) is 20.3. The third kappa shape index (κ3) is 10.5. The highest BCUT2D eigenvalue weighted by Crippen LogP contribution is 2.42. The van der Waals surface area contributed by atoms with Gasteiger partial charge in [0.15, 0.2) is 0 Å². The van der Waals surface area contributed by atoms with Crippen LogP contribution in [0.3, 0.4) is 0 Å². The number of fused-ring (bicyclic) bond motifs is 6. The van der Waals surface area contributed by atoms with Gasteiger partial charge in [0.05, 0.1) is 30.6 Å². The van der Waals surface area contributed by atoms with Crippen LogP contribution in [0.1, 0.15) is 96.1 Å². The Morgan fingerprint density at radius 1 is 1.01 bits per heavy atom. The summed E-state index contributed by atoms with van der Waals surface area (Å²) in [6.07, 6.45) is 6.26. The number of aromatic hydroxyl groups is 1. The van der Waals surface area contributed by atoms with Gasteiger partial charge in [-0.2, -0.15) is 0 Å². The standard InChI is InChI=1S/C53H70N8O8/c1-9-59-29-44(59)51(66)57(6)30-45(63)58(7)47(34-15-11-12-16-34)49(64)55-42-25-33-23-36(26-37(62)24-33)35-19-20-43-39(27-35)40(48(60(43)10-2)38-17-13-21-54-46(38)32(3)68-8)28-53(4,5)31-69-52(67)41-18-14-22-61(56-41)50(42)65/h13,17,19-21,23-24,26-27,32,34,41-42,44,47,56,62H,9-12,14-16,18,22,25,28-31H2,1-8H3,(H,55,64)/t32-,41-,42-,44+,47-,59?/m0/s1. The Hall–Kier alpha value is -5.84. The number of carbonyl (C=O) groups is 5. The van der Waals surface area contributed by atoms with Crippen LogP contribution < -0.4 is 10.7 Å². The zero-order valence-electron chi connectivity index (χ0n) is 41.5. The number of rotatable bonds is 12. The first-order valence-electron chi connectivity index (χ1n) is 24.8. The highest BCUT2D eigenvalue weighted by molar-refractivity contribution is 5.96. The van der Waals surface area contributed by atoms with E-state index in [4.69, 9.17) is 14.5 Å². The Labute approximate surface area is 405 Å². The van der Waals surface area contributed by atoms with Gasteiger partial charge in [-0.25, -0.2) is 5.43 Å². The zero-order chi connectivity index (χ0) is 49.3. The van der Waals surface area contributed by atoms with Crippen molar-refractivity contribution in [2.45, 2.75) is 123 Å². The SMILES string of the molecule is CCN1C[C@@H]1C(=O)N(C)CC(=O)N(C)[C@H](C(=O)N[C@H]1Cc2cc(O)cc(c2)-c2ccc3c(c2)c(c(-c2cccnc2[C@H](C)OC)n3CC)CC(C)(C)COC(=O)[C@@H]2CCCN(N2)C1=O)C1CCCC1. The third-order valence-electron chi connectivity index (χ3n) is 14.8. The number of amides is 4. The van der Waals surface area contributed by atoms with Gasteiger partial charge in [0, 0.05) is 75.3 Å². The van der Waals surface area contributed by atoms with E-state index in [0.29, 0.717) is 37.9 Å². The van der Waals surface area contributed by atoms with Crippen molar-refractivity contribution in [3.05, 3.63) is 71.5 Å². The molecule has 3 N–H and O–H groups in total. The summed E-state index contributed by atoms with van der Waals surface area (Å²) in [4.78, 5) is 80.5. The van der Waals surface area contributed by atoms with Crippen LogP contribution in [0.15, 0.2) is 54.7 Å². The van der Waals surface area contributed by atoms with Gasteiger partial charge in [0.1, 0.15) is 29.9 Å². The number of esters is 1. The lowest BCUT2D eigenvalue weighted by atomic mass is 9.84. The first-order valence-corrected chi connectivity index (χ1v) is 24.8. The van der Waals surface area contributed by atoms with Gasteiger partial charge in [-0.15, -0.1) is 0 Å². The average Bonchev–Trinajstić information content (AvgIpc) is 3.82. The van der Waals surface area contributed by atoms with Crippen LogP contribution in [-0.4, -0.2) is 142 Å². The molecule has 2 aromatic heterocycles. The maximum absolute atomic E-state index is 14.9. The third-order valence-corrected chi connectivity index (χ3v) is 14.8. The Balaban J connectivity index is 1.19. The average molecular weight is 947 g/mol. The molecular weight excluding hydrogens is 877 g/mol. The molecule has 3 fully saturated rings. The van der Waals surface area contributed by atoms with Crippen LogP contribution >= 0.6 is 0 Å². The number of nitrogens with zero attached hydrogens (tertiary/aromatic N) is 6. The van der Waals surface area contributed by atoms with Gasteiger partial charge < -0.3 is 34.3 Å². The fourth-order valence-electron chi connectivity index (χ4n) is 10.9. The first kappa shape index (κ1) is 49.6. The first-order chi connectivity index (χ1) is 33.0. The molecule has 6 bridgehead atoms. The van der Waals surface area contributed by atoms with E-state index in [1.54, 1.807) is 39.5 Å². The summed E-state index contributed by atoms with van der Waals surface area (Å²) in [6, 6.07) is 12.4. The molecule has 5 heterocycles. The van der Waals surface area contributed by atoms with Crippen molar-refractivity contribution in [3.63, 3.8) is 0 Å². The molecule has 1 saturated carbocycles. The van der Waals surface area contributed by atoms with E-state index in [9.17, 15) is 29.1 Å². The van der Waals surface area contributed by atoms with Gasteiger partial charge in [0.2, 0.25) is 17.7 Å². The number of aromatic nitrogens is 2. The second-order valence-electron chi connectivity index (χ2n) is 20.3. The lowest BCUT2D eigenvalue weighted by molar-refractivity contribution is -0.155. The normalized spacial score (nSPS) is 22.6. The number of likely N-dealkylation sites (N-methyl/N-ethyl adjacent to an activating group) is 3. The molecule has 8 rings (SSSR count). The molecule has 16 heteroatoms. The smallest absolute Gasteiger partial charge is 0.324 e. The molecule has 4 aromatic rings. The van der Waals surface area contributed by atoms with Crippen LogP contribution in [0.5, 0.6) is 5.75 Å². The maximum atomic E-state index is 14.9. The lowest BCUT2D eigenvalue weighted by Gasteiger charge is -2.37. The number of hydrogen-bond acceptors (Lipinski definition) is 11. The largest absolute Gasteiger partial charge is 0.508 e. The summed E-state index contributed by atoms with van der Waals surface area (Å²) in [6.45, 7) is 12.5. The lowest BCUT2D eigenvalue weighted by Crippen LogP contribution is -2.62. The highest BCUT2D eigenvalue weighted by atomic mass is 16.5. The molecular formula is C53H70N8O8. The number of ether oxygens (including phenoxy) is 2. The number of phenolic OH excluding ortho intramolecular Hbond substituents is 1. The number of hydrazine groups is 1. The predicted molar refractivity (Wildman–Crippen MR) is 263 cm³/mol. The number of phenols is 1. The van der Waals surface area contributed by atoms with Crippen LogP contribution in [0.25, 0.3) is 33.3 Å². The Morgan fingerprint density at radius 2 is 1.78 bits per heavy atom. The van der Waals surface area contributed by atoms with Crippen molar-refractivity contribution >= 4 is 40.5 Å². The molecule has 16 nitrogen and oxygen atoms in total. The summed E-state index contributed by atoms with van der Waals surface area (Å²) in [7, 11) is 4.89. The summed E-state index contributed by atoms with van der Waals surface area (Å²) in [5, 5.41) is 16.9. The number of hydrogen-bond donors (Lipinski definition) is 3. The van der Waals surface area contributed by atoms with Crippen molar-refractivity contribution in [1.82, 2.24) is 40.0 Å². The van der Waals surface area contributed by atoms with Crippen molar-refractivity contribution in [2.24, 2.45) is 11.3 Å². The monoisotopic (exact) mass is 947 g/mol. The summed E-state index contributed by atoms with van der Waals surface area (Å²) < 4.78 is 14.3. The number of pyridine rings is 1. The van der Waals surface area contributed by atoms with Crippen molar-refractivity contribution in [1.29, 1.82) is 0 Å². The molecule has 370 valence electrons. The zero-order valence-corrected chi connectivity index (χ0v) is 41.5. The highest BCUT2D eigenvalue weighted by Gasteiger charge is 2.43. The molecule has 2 aromatic carbocycles. The second kappa shape index (κ2) is 20.6. The molecule has 4 aliphatic rings.